The van der Waals surface area contributed by atoms with E-state index in [4.69, 9.17) is 5.11 Å². The summed E-state index contributed by atoms with van der Waals surface area (Å²) in [4.78, 5) is 25.6. The molecule has 1 saturated carbocycles. The highest BCUT2D eigenvalue weighted by atomic mass is 32.1. The number of carboxylic acids is 1. The average molecular weight is 281 g/mol. The summed E-state index contributed by atoms with van der Waals surface area (Å²) < 4.78 is 0. The molecule has 0 aromatic carbocycles. The van der Waals surface area contributed by atoms with Gasteiger partial charge in [-0.05, 0) is 36.8 Å². The molecule has 0 aliphatic heterocycles. The largest absolute Gasteiger partial charge is 0.481 e. The second-order valence-electron chi connectivity index (χ2n) is 5.17. The molecule has 4 nitrogen and oxygen atoms in total. The quantitative estimate of drug-likeness (QED) is 0.871. The van der Waals surface area contributed by atoms with Gasteiger partial charge in [0.1, 0.15) is 0 Å². The minimum absolute atomic E-state index is 0.104. The van der Waals surface area contributed by atoms with Crippen LogP contribution in [0.4, 0.5) is 0 Å². The molecule has 5 heteroatoms. The Kier molecular flexibility index (Phi) is 4.24. The van der Waals surface area contributed by atoms with Gasteiger partial charge in [-0.25, -0.2) is 0 Å². The van der Waals surface area contributed by atoms with E-state index in [2.05, 4.69) is 18.4 Å². The summed E-state index contributed by atoms with van der Waals surface area (Å²) in [6.07, 6.45) is 1.58. The van der Waals surface area contributed by atoms with E-state index in [1.807, 2.05) is 0 Å². The van der Waals surface area contributed by atoms with Gasteiger partial charge in [-0.3, -0.25) is 9.59 Å². The molecule has 0 spiro atoms. The number of aryl methyl sites for hydroxylation is 1. The van der Waals surface area contributed by atoms with E-state index in [0.29, 0.717) is 18.9 Å². The maximum Gasteiger partial charge on any atom is 0.303 e. The van der Waals surface area contributed by atoms with Crippen molar-refractivity contribution in [2.24, 2.45) is 5.92 Å². The van der Waals surface area contributed by atoms with Crippen LogP contribution in [0.1, 0.15) is 35.6 Å². The normalized spacial score (nSPS) is 21.2. The van der Waals surface area contributed by atoms with Crippen molar-refractivity contribution in [2.75, 3.05) is 13.6 Å². The molecule has 0 unspecified atom stereocenters. The van der Waals surface area contributed by atoms with Gasteiger partial charge in [-0.15, -0.1) is 11.3 Å². The van der Waals surface area contributed by atoms with Gasteiger partial charge < -0.3 is 10.0 Å². The van der Waals surface area contributed by atoms with Crippen molar-refractivity contribution in [2.45, 2.75) is 32.1 Å². The maximum absolute atomic E-state index is 12.2. The summed E-state index contributed by atoms with van der Waals surface area (Å²) in [5.74, 6) is -0.163. The van der Waals surface area contributed by atoms with Gasteiger partial charge in [-0.1, -0.05) is 0 Å². The van der Waals surface area contributed by atoms with Crippen LogP contribution in [0.25, 0.3) is 0 Å². The Balaban J connectivity index is 1.82. The summed E-state index contributed by atoms with van der Waals surface area (Å²) in [7, 11) is 1.76. The second-order valence-corrected chi connectivity index (χ2v) is 6.12. The van der Waals surface area contributed by atoms with E-state index < -0.39 is 5.97 Å². The van der Waals surface area contributed by atoms with Crippen LogP contribution in [0.5, 0.6) is 0 Å². The third-order valence-electron chi connectivity index (χ3n) is 3.61. The Morgan fingerprint density at radius 1 is 1.53 bits per heavy atom. The van der Waals surface area contributed by atoms with Gasteiger partial charge in [0.15, 0.2) is 0 Å². The maximum atomic E-state index is 12.2. The highest BCUT2D eigenvalue weighted by molar-refractivity contribution is 7.10. The number of carbonyl (C=O) groups excluding carboxylic acids is 1. The Hall–Kier alpha value is -1.36. The first-order chi connectivity index (χ1) is 9.00. The molecule has 1 amide bonds. The van der Waals surface area contributed by atoms with Crippen LogP contribution in [0.2, 0.25) is 0 Å². The molecule has 0 radical (unpaired) electrons. The van der Waals surface area contributed by atoms with Crippen LogP contribution in [0.15, 0.2) is 11.4 Å². The first kappa shape index (κ1) is 14.1. The first-order valence-electron chi connectivity index (χ1n) is 6.51. The summed E-state index contributed by atoms with van der Waals surface area (Å²) >= 11 is 1.73. The fraction of sp³-hybridized carbons (Fsp3) is 0.571. The van der Waals surface area contributed by atoms with E-state index >= 15 is 0 Å². The van der Waals surface area contributed by atoms with Crippen LogP contribution in [-0.2, 0) is 9.59 Å². The van der Waals surface area contributed by atoms with Crippen LogP contribution in [0.3, 0.4) is 0 Å². The Labute approximate surface area is 117 Å². The summed E-state index contributed by atoms with van der Waals surface area (Å²) in [6.45, 7) is 2.61. The summed E-state index contributed by atoms with van der Waals surface area (Å²) in [5.41, 5.74) is 1.28. The standard InChI is InChI=1S/C14H19NO3S/c1-9-5-7-19-13(9)10-8-11(10)14(18)15(2)6-3-4-12(16)17/h5,7,10-11H,3-4,6,8H2,1-2H3,(H,16,17)/t10-,11-/m0/s1. The molecule has 1 aliphatic rings. The van der Waals surface area contributed by atoms with Crippen molar-refractivity contribution in [1.29, 1.82) is 0 Å². The SMILES string of the molecule is Cc1ccsc1[C@H]1C[C@@H]1C(=O)N(C)CCCC(=O)O. The molecule has 2 atom stereocenters. The van der Waals surface area contributed by atoms with Crippen LogP contribution in [0, 0.1) is 12.8 Å². The van der Waals surface area contributed by atoms with Crippen LogP contribution < -0.4 is 0 Å². The van der Waals surface area contributed by atoms with E-state index in [-0.39, 0.29) is 18.2 Å². The lowest BCUT2D eigenvalue weighted by atomic mass is 10.2. The molecule has 104 valence electrons. The zero-order valence-electron chi connectivity index (χ0n) is 11.3. The molecule has 1 heterocycles. The average Bonchev–Trinajstić information content (AvgIpc) is 3.03. The fourth-order valence-electron chi connectivity index (χ4n) is 2.38. The zero-order valence-corrected chi connectivity index (χ0v) is 12.1. The van der Waals surface area contributed by atoms with E-state index in [9.17, 15) is 9.59 Å². The molecular formula is C14H19NO3S. The lowest BCUT2D eigenvalue weighted by Crippen LogP contribution is -2.29. The highest BCUT2D eigenvalue weighted by Gasteiger charge is 2.46. The third kappa shape index (κ3) is 3.35. The topological polar surface area (TPSA) is 57.6 Å². The van der Waals surface area contributed by atoms with Gasteiger partial charge >= 0.3 is 5.97 Å². The Morgan fingerprint density at radius 3 is 2.84 bits per heavy atom. The number of rotatable bonds is 6. The molecule has 1 N–H and O–H groups in total. The number of thiophene rings is 1. The molecule has 2 rings (SSSR count). The predicted octanol–water partition coefficient (Wildman–Crippen LogP) is 2.48. The van der Waals surface area contributed by atoms with Gasteiger partial charge in [0, 0.05) is 36.7 Å². The molecule has 1 fully saturated rings. The molecule has 1 aliphatic carbocycles. The van der Waals surface area contributed by atoms with Crippen LogP contribution in [-0.4, -0.2) is 35.5 Å². The minimum atomic E-state index is -0.806. The van der Waals surface area contributed by atoms with E-state index in [0.717, 1.165) is 6.42 Å². The number of carboxylic acid groups (broad SMARTS) is 1. The molecule has 19 heavy (non-hydrogen) atoms. The smallest absolute Gasteiger partial charge is 0.303 e. The summed E-state index contributed by atoms with van der Waals surface area (Å²) in [5, 5.41) is 10.7. The van der Waals surface area contributed by atoms with Crippen molar-refractivity contribution in [1.82, 2.24) is 4.90 Å². The van der Waals surface area contributed by atoms with Crippen molar-refractivity contribution >= 4 is 23.2 Å². The fourth-order valence-corrected chi connectivity index (χ4v) is 3.49. The molecule has 0 saturated heterocycles. The monoisotopic (exact) mass is 281 g/mol. The van der Waals surface area contributed by atoms with E-state index in [1.165, 1.54) is 10.4 Å². The van der Waals surface area contributed by atoms with Gasteiger partial charge in [0.25, 0.3) is 0 Å². The Bertz CT molecular complexity index is 483. The third-order valence-corrected chi connectivity index (χ3v) is 4.76. The van der Waals surface area contributed by atoms with Crippen LogP contribution >= 0.6 is 11.3 Å². The number of aliphatic carboxylic acids is 1. The van der Waals surface area contributed by atoms with E-state index in [1.54, 1.807) is 23.3 Å². The highest BCUT2D eigenvalue weighted by Crippen LogP contribution is 2.51. The molecule has 0 bridgehead atoms. The van der Waals surface area contributed by atoms with Gasteiger partial charge in [0.2, 0.25) is 5.91 Å². The predicted molar refractivity (Wildman–Crippen MR) is 74.4 cm³/mol. The van der Waals surface area contributed by atoms with Gasteiger partial charge in [-0.2, -0.15) is 0 Å². The molecular weight excluding hydrogens is 262 g/mol. The van der Waals surface area contributed by atoms with Crippen molar-refractivity contribution in [3.8, 4) is 0 Å². The first-order valence-corrected chi connectivity index (χ1v) is 7.39. The molecule has 1 aromatic heterocycles. The number of nitrogens with zero attached hydrogens (tertiary/aromatic N) is 1. The van der Waals surface area contributed by atoms with Crippen molar-refractivity contribution < 1.29 is 14.7 Å². The number of carbonyl (C=O) groups is 2. The lowest BCUT2D eigenvalue weighted by molar-refractivity contribution is -0.138. The Morgan fingerprint density at radius 2 is 2.26 bits per heavy atom. The van der Waals surface area contributed by atoms with Gasteiger partial charge in [0.05, 0.1) is 0 Å². The zero-order chi connectivity index (χ0) is 14.0. The minimum Gasteiger partial charge on any atom is -0.481 e. The summed E-state index contributed by atoms with van der Waals surface area (Å²) in [6, 6.07) is 2.09. The molecule has 1 aromatic rings. The second kappa shape index (κ2) is 5.74. The van der Waals surface area contributed by atoms with Crippen molar-refractivity contribution in [3.63, 3.8) is 0 Å². The van der Waals surface area contributed by atoms with Crippen molar-refractivity contribution in [3.05, 3.63) is 21.9 Å². The number of amides is 1. The number of hydrogen-bond donors (Lipinski definition) is 1. The number of hydrogen-bond acceptors (Lipinski definition) is 3. The lowest BCUT2D eigenvalue weighted by Gasteiger charge is -2.16.